The van der Waals surface area contributed by atoms with Crippen molar-refractivity contribution in [1.82, 2.24) is 9.62 Å². The Balaban J connectivity index is 2.42. The second kappa shape index (κ2) is 5.98. The molecule has 0 amide bonds. The molecule has 1 N–H and O–H groups in total. The van der Waals surface area contributed by atoms with Crippen LogP contribution in [-0.4, -0.2) is 39.7 Å². The van der Waals surface area contributed by atoms with Gasteiger partial charge in [-0.3, -0.25) is 0 Å². The second-order valence-corrected chi connectivity index (χ2v) is 5.86. The Labute approximate surface area is 97.3 Å². The fourth-order valence-corrected chi connectivity index (χ4v) is 2.30. The minimum atomic E-state index is -3.17. The fraction of sp³-hybridized carbons (Fsp3) is 0.455. The summed E-state index contributed by atoms with van der Waals surface area (Å²) >= 11 is 0. The van der Waals surface area contributed by atoms with Crippen LogP contribution in [0.4, 0.5) is 0 Å². The summed E-state index contributed by atoms with van der Waals surface area (Å²) in [6, 6.07) is 9.49. The summed E-state index contributed by atoms with van der Waals surface area (Å²) in [7, 11) is 0.541. The van der Waals surface area contributed by atoms with Crippen molar-refractivity contribution < 1.29 is 8.42 Å². The predicted octanol–water partition coefficient (Wildman–Crippen LogP) is 0.668. The van der Waals surface area contributed by atoms with E-state index in [1.165, 1.54) is 0 Å². The number of nitrogens with zero attached hydrogens (tertiary/aromatic N) is 1. The first-order valence-corrected chi connectivity index (χ1v) is 6.81. The molecule has 1 aromatic carbocycles. The zero-order chi connectivity index (χ0) is 12.0. The minimum absolute atomic E-state index is 0.132. The lowest BCUT2D eigenvalue weighted by Crippen LogP contribution is -2.31. The Bertz CT molecular complexity index is 401. The van der Waals surface area contributed by atoms with Crippen LogP contribution in [0.2, 0.25) is 0 Å². The maximum Gasteiger partial charge on any atom is 0.213 e. The fourth-order valence-electron chi connectivity index (χ4n) is 1.16. The first-order valence-electron chi connectivity index (χ1n) is 5.15. The van der Waals surface area contributed by atoms with Crippen molar-refractivity contribution in [2.45, 2.75) is 6.54 Å². The van der Waals surface area contributed by atoms with Gasteiger partial charge in [0.25, 0.3) is 0 Å². The number of hydrogen-bond acceptors (Lipinski definition) is 3. The zero-order valence-electron chi connectivity index (χ0n) is 9.68. The van der Waals surface area contributed by atoms with Gasteiger partial charge in [0.15, 0.2) is 0 Å². The van der Waals surface area contributed by atoms with Crippen LogP contribution >= 0.6 is 0 Å². The molecule has 16 heavy (non-hydrogen) atoms. The smallest absolute Gasteiger partial charge is 0.213 e. The van der Waals surface area contributed by atoms with E-state index in [1.54, 1.807) is 0 Å². The third kappa shape index (κ3) is 5.25. The van der Waals surface area contributed by atoms with Gasteiger partial charge in [0.2, 0.25) is 10.0 Å². The molecule has 0 fully saturated rings. The SMILES string of the molecule is CN(C)CCS(=O)(=O)NCc1ccccc1. The topological polar surface area (TPSA) is 49.4 Å². The molecule has 0 unspecified atom stereocenters. The Hall–Kier alpha value is -0.910. The Kier molecular flexibility index (Phi) is 4.92. The molecule has 0 aliphatic carbocycles. The highest BCUT2D eigenvalue weighted by Crippen LogP contribution is 1.98. The molecule has 0 spiro atoms. The highest BCUT2D eigenvalue weighted by molar-refractivity contribution is 7.89. The first kappa shape index (κ1) is 13.2. The van der Waals surface area contributed by atoms with Crippen LogP contribution in [0.3, 0.4) is 0 Å². The number of nitrogens with one attached hydrogen (secondary N) is 1. The standard InChI is InChI=1S/C11H18N2O2S/c1-13(2)8-9-16(14,15)12-10-11-6-4-3-5-7-11/h3-7,12H,8-10H2,1-2H3. The summed E-state index contributed by atoms with van der Waals surface area (Å²) in [6.45, 7) is 0.890. The van der Waals surface area contributed by atoms with Crippen molar-refractivity contribution in [3.63, 3.8) is 0 Å². The van der Waals surface area contributed by atoms with Gasteiger partial charge in [-0.1, -0.05) is 30.3 Å². The first-order chi connectivity index (χ1) is 7.49. The van der Waals surface area contributed by atoms with Crippen molar-refractivity contribution in [3.05, 3.63) is 35.9 Å². The maximum atomic E-state index is 11.6. The van der Waals surface area contributed by atoms with E-state index in [-0.39, 0.29) is 5.75 Å². The molecule has 0 atom stereocenters. The molecule has 1 aromatic rings. The molecular weight excluding hydrogens is 224 g/mol. The van der Waals surface area contributed by atoms with Gasteiger partial charge in [0.1, 0.15) is 0 Å². The molecular formula is C11H18N2O2S. The number of benzene rings is 1. The van der Waals surface area contributed by atoms with E-state index < -0.39 is 10.0 Å². The summed E-state index contributed by atoms with van der Waals surface area (Å²) in [5.41, 5.74) is 0.968. The molecule has 0 heterocycles. The largest absolute Gasteiger partial charge is 0.308 e. The lowest BCUT2D eigenvalue weighted by atomic mass is 10.2. The summed E-state index contributed by atoms with van der Waals surface area (Å²) in [5.74, 6) is 0.132. The number of rotatable bonds is 6. The van der Waals surface area contributed by atoms with Crippen molar-refractivity contribution in [2.24, 2.45) is 0 Å². The molecule has 4 nitrogen and oxygen atoms in total. The van der Waals surface area contributed by atoms with Gasteiger partial charge in [-0.05, 0) is 19.7 Å². The lowest BCUT2D eigenvalue weighted by molar-refractivity contribution is 0.431. The highest BCUT2D eigenvalue weighted by Gasteiger charge is 2.09. The Morgan fingerprint density at radius 2 is 1.81 bits per heavy atom. The third-order valence-electron chi connectivity index (χ3n) is 2.15. The van der Waals surface area contributed by atoms with Crippen LogP contribution in [0.25, 0.3) is 0 Å². The average molecular weight is 242 g/mol. The van der Waals surface area contributed by atoms with Crippen LogP contribution in [0.1, 0.15) is 5.56 Å². The molecule has 0 saturated carbocycles. The van der Waals surface area contributed by atoms with Crippen molar-refractivity contribution in [2.75, 3.05) is 26.4 Å². The normalized spacial score (nSPS) is 11.9. The van der Waals surface area contributed by atoms with Gasteiger partial charge in [-0.15, -0.1) is 0 Å². The van der Waals surface area contributed by atoms with Crippen LogP contribution in [-0.2, 0) is 16.6 Å². The number of hydrogen-bond donors (Lipinski definition) is 1. The molecule has 0 saturated heterocycles. The van der Waals surface area contributed by atoms with Gasteiger partial charge in [-0.25, -0.2) is 13.1 Å². The quantitative estimate of drug-likeness (QED) is 0.797. The molecule has 90 valence electrons. The monoisotopic (exact) mass is 242 g/mol. The predicted molar refractivity (Wildman–Crippen MR) is 65.6 cm³/mol. The molecule has 0 aliphatic rings. The van der Waals surface area contributed by atoms with Crippen LogP contribution in [0.15, 0.2) is 30.3 Å². The van der Waals surface area contributed by atoms with Crippen molar-refractivity contribution in [3.8, 4) is 0 Å². The van der Waals surface area contributed by atoms with E-state index in [2.05, 4.69) is 4.72 Å². The molecule has 0 radical (unpaired) electrons. The third-order valence-corrected chi connectivity index (χ3v) is 3.45. The highest BCUT2D eigenvalue weighted by atomic mass is 32.2. The van der Waals surface area contributed by atoms with E-state index >= 15 is 0 Å². The summed E-state index contributed by atoms with van der Waals surface area (Å²) < 4.78 is 25.7. The maximum absolute atomic E-state index is 11.6. The van der Waals surface area contributed by atoms with Gasteiger partial charge in [0, 0.05) is 13.1 Å². The summed E-state index contributed by atoms with van der Waals surface area (Å²) in [6.07, 6.45) is 0. The van der Waals surface area contributed by atoms with Crippen LogP contribution in [0, 0.1) is 0 Å². The van der Waals surface area contributed by atoms with E-state index in [4.69, 9.17) is 0 Å². The average Bonchev–Trinajstić information content (AvgIpc) is 2.26. The van der Waals surface area contributed by atoms with E-state index in [9.17, 15) is 8.42 Å². The number of sulfonamides is 1. The van der Waals surface area contributed by atoms with Crippen molar-refractivity contribution >= 4 is 10.0 Å². The van der Waals surface area contributed by atoms with Gasteiger partial charge in [0.05, 0.1) is 5.75 Å². The second-order valence-electron chi connectivity index (χ2n) is 3.93. The summed E-state index contributed by atoms with van der Waals surface area (Å²) in [5, 5.41) is 0. The molecule has 0 bridgehead atoms. The molecule has 0 aliphatic heterocycles. The minimum Gasteiger partial charge on any atom is -0.308 e. The Morgan fingerprint density at radius 1 is 1.19 bits per heavy atom. The van der Waals surface area contributed by atoms with Crippen molar-refractivity contribution in [1.29, 1.82) is 0 Å². The van der Waals surface area contributed by atoms with Gasteiger partial charge < -0.3 is 4.90 Å². The summed E-state index contributed by atoms with van der Waals surface area (Å²) in [4.78, 5) is 1.85. The lowest BCUT2D eigenvalue weighted by Gasteiger charge is -2.10. The Morgan fingerprint density at radius 3 is 2.38 bits per heavy atom. The van der Waals surface area contributed by atoms with E-state index in [0.29, 0.717) is 13.1 Å². The van der Waals surface area contributed by atoms with Crippen LogP contribution in [0.5, 0.6) is 0 Å². The van der Waals surface area contributed by atoms with E-state index in [1.807, 2.05) is 49.3 Å². The molecule has 1 rings (SSSR count). The van der Waals surface area contributed by atoms with Crippen LogP contribution < -0.4 is 4.72 Å². The zero-order valence-corrected chi connectivity index (χ0v) is 10.5. The van der Waals surface area contributed by atoms with E-state index in [0.717, 1.165) is 5.56 Å². The van der Waals surface area contributed by atoms with Gasteiger partial charge in [-0.2, -0.15) is 0 Å². The molecule has 5 heteroatoms. The molecule has 0 aromatic heterocycles. The van der Waals surface area contributed by atoms with Gasteiger partial charge >= 0.3 is 0 Å².